The van der Waals surface area contributed by atoms with Gasteiger partial charge in [0.25, 0.3) is 0 Å². The highest BCUT2D eigenvalue weighted by Gasteiger charge is 2.40. The van der Waals surface area contributed by atoms with Crippen LogP contribution >= 0.6 is 34.8 Å². The van der Waals surface area contributed by atoms with E-state index in [2.05, 4.69) is 5.92 Å². The van der Waals surface area contributed by atoms with Crippen molar-refractivity contribution in [2.24, 2.45) is 7.05 Å². The van der Waals surface area contributed by atoms with Crippen LogP contribution < -0.4 is 0 Å². The first-order valence-corrected chi connectivity index (χ1v) is 8.66. The van der Waals surface area contributed by atoms with Crippen LogP contribution in [0.4, 0.5) is 17.6 Å². The first-order chi connectivity index (χ1) is 12.7. The number of carbonyl (C=O) groups is 1. The second-order valence-corrected chi connectivity index (χ2v) is 7.38. The van der Waals surface area contributed by atoms with Crippen molar-refractivity contribution in [3.05, 3.63) is 44.4 Å². The van der Waals surface area contributed by atoms with E-state index in [1.807, 2.05) is 0 Å². The number of carbonyl (C=O) groups excluding carboxylic acids is 1. The number of halogens is 7. The molecular formula is C18H12Cl3F4NO2. The van der Waals surface area contributed by atoms with Crippen LogP contribution in [-0.2, 0) is 18.0 Å². The zero-order valence-corrected chi connectivity index (χ0v) is 16.9. The van der Waals surface area contributed by atoms with Crippen molar-refractivity contribution in [3.8, 4) is 23.5 Å². The fourth-order valence-electron chi connectivity index (χ4n) is 2.38. The standard InChI is InChI=1S/C18H12Cl3F4NO2/c1-5-17(2,3)28-16(27)8-6-9(11(22)7-10(8)19)12-13(20)14(18(23,24)25)26(4)15(12)21/h1,6-7H,2-4H3. The van der Waals surface area contributed by atoms with Gasteiger partial charge in [-0.15, -0.1) is 6.42 Å². The van der Waals surface area contributed by atoms with Crippen molar-refractivity contribution in [3.63, 3.8) is 0 Å². The second kappa shape index (κ2) is 7.51. The summed E-state index contributed by atoms with van der Waals surface area (Å²) in [4.78, 5) is 12.4. The van der Waals surface area contributed by atoms with Crippen LogP contribution in [0.15, 0.2) is 12.1 Å². The molecule has 0 spiro atoms. The van der Waals surface area contributed by atoms with Gasteiger partial charge < -0.3 is 9.30 Å². The Bertz CT molecular complexity index is 1000. The van der Waals surface area contributed by atoms with Crippen LogP contribution in [0, 0.1) is 18.2 Å². The lowest BCUT2D eigenvalue weighted by Gasteiger charge is -2.19. The predicted molar refractivity (Wildman–Crippen MR) is 99.2 cm³/mol. The largest absolute Gasteiger partial charge is 0.443 e. The van der Waals surface area contributed by atoms with E-state index in [1.165, 1.54) is 13.8 Å². The number of aromatic nitrogens is 1. The average molecular weight is 457 g/mol. The van der Waals surface area contributed by atoms with Gasteiger partial charge in [-0.2, -0.15) is 13.2 Å². The minimum Gasteiger partial charge on any atom is -0.443 e. The summed E-state index contributed by atoms with van der Waals surface area (Å²) in [5, 5.41) is -1.61. The first-order valence-electron chi connectivity index (χ1n) is 7.52. The fraction of sp³-hybridized carbons (Fsp3) is 0.278. The molecule has 0 fully saturated rings. The van der Waals surface area contributed by atoms with Gasteiger partial charge in [-0.25, -0.2) is 9.18 Å². The molecule has 0 aliphatic heterocycles. The van der Waals surface area contributed by atoms with E-state index in [9.17, 15) is 22.4 Å². The minimum atomic E-state index is -4.84. The molecule has 0 unspecified atom stereocenters. The molecule has 1 heterocycles. The number of hydrogen-bond acceptors (Lipinski definition) is 2. The highest BCUT2D eigenvalue weighted by Crippen LogP contribution is 2.46. The van der Waals surface area contributed by atoms with E-state index in [0.717, 1.165) is 19.2 Å². The molecular weight excluding hydrogens is 445 g/mol. The van der Waals surface area contributed by atoms with Crippen molar-refractivity contribution in [1.29, 1.82) is 0 Å². The Morgan fingerprint density at radius 1 is 1.21 bits per heavy atom. The molecule has 3 nitrogen and oxygen atoms in total. The van der Waals surface area contributed by atoms with Crippen molar-refractivity contribution in [1.82, 2.24) is 4.57 Å². The second-order valence-electron chi connectivity index (χ2n) is 6.24. The number of nitrogens with zero attached hydrogens (tertiary/aromatic N) is 1. The normalized spacial score (nSPS) is 12.0. The molecule has 150 valence electrons. The maximum absolute atomic E-state index is 14.5. The Hall–Kier alpha value is -1.88. The Labute approximate surface area is 173 Å². The van der Waals surface area contributed by atoms with Crippen LogP contribution in [-0.4, -0.2) is 16.1 Å². The van der Waals surface area contributed by atoms with E-state index in [1.54, 1.807) is 0 Å². The number of rotatable bonds is 3. The minimum absolute atomic E-state index is 0.314. The zero-order chi connectivity index (χ0) is 21.6. The van der Waals surface area contributed by atoms with E-state index in [-0.39, 0.29) is 10.6 Å². The number of ether oxygens (including phenoxy) is 1. The van der Waals surface area contributed by atoms with E-state index >= 15 is 0 Å². The molecule has 0 saturated carbocycles. The summed E-state index contributed by atoms with van der Waals surface area (Å²) in [6.07, 6.45) is 0.413. The number of alkyl halides is 3. The van der Waals surface area contributed by atoms with E-state index in [4.69, 9.17) is 46.0 Å². The van der Waals surface area contributed by atoms with Crippen LogP contribution in [0.1, 0.15) is 29.9 Å². The van der Waals surface area contributed by atoms with Crippen LogP contribution in [0.5, 0.6) is 0 Å². The van der Waals surface area contributed by atoms with E-state index < -0.39 is 50.6 Å². The predicted octanol–water partition coefficient (Wildman–Crippen LogP) is 6.38. The third-order valence-corrected chi connectivity index (χ3v) is 4.90. The van der Waals surface area contributed by atoms with Gasteiger partial charge in [-0.1, -0.05) is 40.7 Å². The van der Waals surface area contributed by atoms with Crippen LogP contribution in [0.3, 0.4) is 0 Å². The lowest BCUT2D eigenvalue weighted by molar-refractivity contribution is -0.142. The summed E-state index contributed by atoms with van der Waals surface area (Å²) in [7, 11) is 1.03. The SMILES string of the molecule is C#CC(C)(C)OC(=O)c1cc(-c2c(Cl)c(C(F)(F)F)n(C)c2Cl)c(F)cc1Cl. The first kappa shape index (κ1) is 22.4. The molecule has 0 atom stereocenters. The molecule has 0 amide bonds. The quantitative estimate of drug-likeness (QED) is 0.305. The molecule has 0 radical (unpaired) electrons. The monoisotopic (exact) mass is 455 g/mol. The average Bonchev–Trinajstić information content (AvgIpc) is 2.77. The Kier molecular flexibility index (Phi) is 6.01. The number of esters is 1. The molecule has 2 rings (SSSR count). The van der Waals surface area contributed by atoms with Gasteiger partial charge in [0, 0.05) is 18.2 Å². The molecule has 10 heteroatoms. The van der Waals surface area contributed by atoms with Gasteiger partial charge in [-0.3, -0.25) is 0 Å². The molecule has 0 bridgehead atoms. The summed E-state index contributed by atoms with van der Waals surface area (Å²) >= 11 is 17.7. The zero-order valence-electron chi connectivity index (χ0n) is 14.6. The summed E-state index contributed by atoms with van der Waals surface area (Å²) in [6, 6.07) is 1.67. The van der Waals surface area contributed by atoms with Gasteiger partial charge in [0.05, 0.1) is 15.6 Å². The Morgan fingerprint density at radius 3 is 2.25 bits per heavy atom. The highest BCUT2D eigenvalue weighted by atomic mass is 35.5. The van der Waals surface area contributed by atoms with Gasteiger partial charge in [0.2, 0.25) is 0 Å². The molecule has 0 saturated heterocycles. The van der Waals surface area contributed by atoms with Gasteiger partial charge in [0.1, 0.15) is 16.7 Å². The lowest BCUT2D eigenvalue weighted by atomic mass is 10.0. The maximum atomic E-state index is 14.5. The van der Waals surface area contributed by atoms with Gasteiger partial charge in [0.15, 0.2) is 5.60 Å². The molecule has 1 aromatic heterocycles. The topological polar surface area (TPSA) is 31.2 Å². The number of hydrogen-bond donors (Lipinski definition) is 0. The molecule has 1 aromatic carbocycles. The molecule has 0 aliphatic carbocycles. The summed E-state index contributed by atoms with van der Waals surface area (Å²) in [5.41, 5.74) is -3.75. The van der Waals surface area contributed by atoms with Crippen molar-refractivity contribution in [2.45, 2.75) is 25.6 Å². The third kappa shape index (κ3) is 4.09. The van der Waals surface area contributed by atoms with Crippen LogP contribution in [0.25, 0.3) is 11.1 Å². The highest BCUT2D eigenvalue weighted by molar-refractivity contribution is 6.40. The summed E-state index contributed by atoms with van der Waals surface area (Å²) < 4.78 is 59.9. The van der Waals surface area contributed by atoms with Crippen molar-refractivity contribution >= 4 is 40.8 Å². The van der Waals surface area contributed by atoms with Crippen LogP contribution in [0.2, 0.25) is 15.2 Å². The third-order valence-electron chi connectivity index (χ3n) is 3.77. The number of benzene rings is 1. The Morgan fingerprint density at radius 2 is 1.79 bits per heavy atom. The maximum Gasteiger partial charge on any atom is 0.432 e. The Balaban J connectivity index is 2.70. The molecule has 0 aliphatic rings. The molecule has 2 aromatic rings. The summed E-state index contributed by atoms with van der Waals surface area (Å²) in [6.45, 7) is 2.87. The number of terminal acetylenes is 1. The molecule has 28 heavy (non-hydrogen) atoms. The summed E-state index contributed by atoms with van der Waals surface area (Å²) in [5.74, 6) is 0.215. The van der Waals surface area contributed by atoms with Gasteiger partial charge >= 0.3 is 12.1 Å². The van der Waals surface area contributed by atoms with Crippen molar-refractivity contribution in [2.75, 3.05) is 0 Å². The smallest absolute Gasteiger partial charge is 0.432 e. The molecule has 0 N–H and O–H groups in total. The van der Waals surface area contributed by atoms with E-state index in [0.29, 0.717) is 4.57 Å². The van der Waals surface area contributed by atoms with Gasteiger partial charge in [-0.05, 0) is 26.0 Å². The fourth-order valence-corrected chi connectivity index (χ4v) is 3.36. The van der Waals surface area contributed by atoms with Crippen molar-refractivity contribution < 1.29 is 27.1 Å². The lowest BCUT2D eigenvalue weighted by Crippen LogP contribution is -2.26.